The first-order valence-corrected chi connectivity index (χ1v) is 2.23. The summed E-state index contributed by atoms with van der Waals surface area (Å²) in [6.45, 7) is 3.82. The first-order valence-electron chi connectivity index (χ1n) is 1.72. The van der Waals surface area contributed by atoms with Gasteiger partial charge < -0.3 is 14.4 Å². The summed E-state index contributed by atoms with van der Waals surface area (Å²) >= 11 is 0. The van der Waals surface area contributed by atoms with Crippen LogP contribution < -0.4 is 0 Å². The zero-order valence-electron chi connectivity index (χ0n) is 4.41. The van der Waals surface area contributed by atoms with E-state index in [0.717, 1.165) is 0 Å². The summed E-state index contributed by atoms with van der Waals surface area (Å²) in [6.07, 6.45) is -0.185. The fourth-order valence-corrected chi connectivity index (χ4v) is 0.164. The quantitative estimate of drug-likeness (QED) is 0.450. The minimum absolute atomic E-state index is 0. The van der Waals surface area contributed by atoms with E-state index in [2.05, 4.69) is 16.4 Å². The maximum absolute atomic E-state index is 6.92. The third-order valence-corrected chi connectivity index (χ3v) is 0.508. The standard InChI is InChI=1S/C3H5O2.H3OP.Y/c1-3-4-2-5-3;1-2;/h3H,1-2H2;1H,2H2;/q-1;;. The molecule has 1 aliphatic heterocycles. The summed E-state index contributed by atoms with van der Waals surface area (Å²) < 4.78 is 9.19. The molecular weight excluding hydrogens is 204 g/mol. The SMILES string of the molecule is OP.[CH2-]C1OCO1.[Y]. The summed E-state index contributed by atoms with van der Waals surface area (Å²) in [5, 5.41) is 0. The van der Waals surface area contributed by atoms with Crippen molar-refractivity contribution < 1.29 is 47.1 Å². The molecule has 1 fully saturated rings. The Kier molecular flexibility index (Phi) is 12.8. The van der Waals surface area contributed by atoms with E-state index in [4.69, 9.17) is 4.89 Å². The average molecular weight is 212 g/mol. The van der Waals surface area contributed by atoms with Crippen LogP contribution in [0.25, 0.3) is 0 Å². The Morgan fingerprint density at radius 1 is 1.50 bits per heavy atom. The van der Waals surface area contributed by atoms with Crippen LogP contribution in [0.1, 0.15) is 0 Å². The molecule has 1 N–H and O–H groups in total. The van der Waals surface area contributed by atoms with Crippen molar-refractivity contribution in [2.24, 2.45) is 0 Å². The van der Waals surface area contributed by atoms with E-state index >= 15 is 0 Å². The van der Waals surface area contributed by atoms with Crippen molar-refractivity contribution in [1.29, 1.82) is 0 Å². The first-order chi connectivity index (χ1) is 3.39. The predicted molar refractivity (Wildman–Crippen MR) is 28.1 cm³/mol. The van der Waals surface area contributed by atoms with E-state index in [9.17, 15) is 0 Å². The maximum atomic E-state index is 6.92. The Morgan fingerprint density at radius 3 is 1.75 bits per heavy atom. The second kappa shape index (κ2) is 8.41. The molecule has 0 saturated carbocycles. The molecule has 1 heterocycles. The van der Waals surface area contributed by atoms with Crippen molar-refractivity contribution in [3.63, 3.8) is 0 Å². The van der Waals surface area contributed by atoms with Gasteiger partial charge in [-0.1, -0.05) is 0 Å². The van der Waals surface area contributed by atoms with Crippen molar-refractivity contribution in [3.8, 4) is 0 Å². The number of hydrogen-bond acceptors (Lipinski definition) is 3. The second-order valence-corrected chi connectivity index (χ2v) is 0.881. The molecule has 1 unspecified atom stereocenters. The van der Waals surface area contributed by atoms with Gasteiger partial charge in [-0.2, -0.15) is 0 Å². The Balaban J connectivity index is 0. The Morgan fingerprint density at radius 2 is 1.75 bits per heavy atom. The van der Waals surface area contributed by atoms with Gasteiger partial charge in [0.2, 0.25) is 0 Å². The van der Waals surface area contributed by atoms with Gasteiger partial charge in [0.25, 0.3) is 0 Å². The van der Waals surface area contributed by atoms with Crippen LogP contribution in [0.3, 0.4) is 0 Å². The molecule has 1 saturated heterocycles. The van der Waals surface area contributed by atoms with E-state index in [-0.39, 0.29) is 39.0 Å². The van der Waals surface area contributed by atoms with E-state index in [1.54, 1.807) is 0 Å². The molecule has 0 bridgehead atoms. The monoisotopic (exact) mass is 212 g/mol. The van der Waals surface area contributed by atoms with E-state index in [1.165, 1.54) is 9.47 Å². The van der Waals surface area contributed by atoms with Crippen molar-refractivity contribution >= 4 is 9.47 Å². The molecule has 0 aromatic rings. The molecule has 8 heavy (non-hydrogen) atoms. The summed E-state index contributed by atoms with van der Waals surface area (Å²) in [7, 11) is 1.42. The van der Waals surface area contributed by atoms with Gasteiger partial charge in [-0.3, -0.25) is 6.92 Å². The summed E-state index contributed by atoms with van der Waals surface area (Å²) in [6, 6.07) is 0. The van der Waals surface area contributed by atoms with Crippen LogP contribution in [0.15, 0.2) is 0 Å². The Bertz CT molecular complexity index is 41.5. The van der Waals surface area contributed by atoms with Gasteiger partial charge in [-0.05, 0) is 9.47 Å². The predicted octanol–water partition coefficient (Wildman–Crippen LogP) is -0.0828. The molecule has 0 spiro atoms. The summed E-state index contributed by atoms with van der Waals surface area (Å²) in [5.74, 6) is 0. The van der Waals surface area contributed by atoms with Gasteiger partial charge in [0.05, 0.1) is 0 Å². The fraction of sp³-hybridized carbons (Fsp3) is 0.667. The molecule has 1 radical (unpaired) electrons. The van der Waals surface area contributed by atoms with Crippen LogP contribution in [0, 0.1) is 6.92 Å². The topological polar surface area (TPSA) is 38.7 Å². The van der Waals surface area contributed by atoms with E-state index < -0.39 is 0 Å². The van der Waals surface area contributed by atoms with Crippen LogP contribution >= 0.6 is 9.47 Å². The molecule has 1 rings (SSSR count). The van der Waals surface area contributed by atoms with Gasteiger partial charge in [-0.25, -0.2) is 0 Å². The molecule has 5 heteroatoms. The third-order valence-electron chi connectivity index (χ3n) is 0.508. The number of ether oxygens (including phenoxy) is 2. The van der Waals surface area contributed by atoms with Crippen molar-refractivity contribution in [3.05, 3.63) is 6.92 Å². The van der Waals surface area contributed by atoms with Crippen LogP contribution in [0.2, 0.25) is 0 Å². The van der Waals surface area contributed by atoms with Crippen molar-refractivity contribution in [2.75, 3.05) is 6.79 Å². The maximum Gasteiger partial charge on any atom is 0.146 e. The van der Waals surface area contributed by atoms with E-state index in [0.29, 0.717) is 6.79 Å². The molecule has 0 aromatic heterocycles. The third kappa shape index (κ3) is 5.55. The largest absolute Gasteiger partial charge is 0.380 e. The van der Waals surface area contributed by atoms with Gasteiger partial charge in [-0.15, -0.1) is 0 Å². The van der Waals surface area contributed by atoms with Crippen LogP contribution in [-0.2, 0) is 42.2 Å². The summed E-state index contributed by atoms with van der Waals surface area (Å²) in [4.78, 5) is 6.92. The summed E-state index contributed by atoms with van der Waals surface area (Å²) in [5.41, 5.74) is 0. The molecule has 0 aliphatic carbocycles. The van der Waals surface area contributed by atoms with Gasteiger partial charge in [0.15, 0.2) is 0 Å². The van der Waals surface area contributed by atoms with Gasteiger partial charge in [0.1, 0.15) is 6.79 Å². The number of rotatable bonds is 0. The number of hydrogen-bond donors (Lipinski definition) is 1. The Hall–Kier alpha value is 1.41. The molecule has 0 aromatic carbocycles. The Labute approximate surface area is 76.3 Å². The fourth-order valence-electron chi connectivity index (χ4n) is 0.164. The van der Waals surface area contributed by atoms with Crippen LogP contribution in [0.5, 0.6) is 0 Å². The molecule has 0 amide bonds. The molecule has 3 nitrogen and oxygen atoms in total. The minimum Gasteiger partial charge on any atom is -0.380 e. The molecular formula is C3H8O3PY-. The normalized spacial score (nSPS) is 16.9. The zero-order valence-corrected chi connectivity index (χ0v) is 8.40. The molecule has 1 atom stereocenters. The molecule has 47 valence electrons. The van der Waals surface area contributed by atoms with Crippen LogP contribution in [0.4, 0.5) is 0 Å². The van der Waals surface area contributed by atoms with Crippen LogP contribution in [-0.4, -0.2) is 18.0 Å². The zero-order chi connectivity index (χ0) is 5.70. The van der Waals surface area contributed by atoms with Gasteiger partial charge >= 0.3 is 0 Å². The minimum atomic E-state index is -0.185. The van der Waals surface area contributed by atoms with Crippen molar-refractivity contribution in [2.45, 2.75) is 6.29 Å². The van der Waals surface area contributed by atoms with Crippen molar-refractivity contribution in [1.82, 2.24) is 0 Å². The first kappa shape index (κ1) is 12.1. The average Bonchev–Trinajstić information content (AvgIpc) is 1.68. The molecule has 1 aliphatic rings. The van der Waals surface area contributed by atoms with Gasteiger partial charge in [0, 0.05) is 39.0 Å². The second-order valence-electron chi connectivity index (χ2n) is 0.881. The van der Waals surface area contributed by atoms with E-state index in [1.807, 2.05) is 0 Å². The smallest absolute Gasteiger partial charge is 0.146 e.